The van der Waals surface area contributed by atoms with E-state index in [4.69, 9.17) is 0 Å². The topological polar surface area (TPSA) is 98.0 Å². The van der Waals surface area contributed by atoms with Crippen molar-refractivity contribution in [1.82, 2.24) is 9.55 Å². The molecule has 1 N–H and O–H groups in total. The van der Waals surface area contributed by atoms with E-state index >= 15 is 0 Å². The highest BCUT2D eigenvalue weighted by Crippen LogP contribution is 2.19. The van der Waals surface area contributed by atoms with Gasteiger partial charge in [-0.2, -0.15) is 13.2 Å². The molecule has 0 aliphatic rings. The molecule has 0 spiro atoms. The van der Waals surface area contributed by atoms with Gasteiger partial charge in [-0.3, -0.25) is 24.5 Å². The number of nitro groups is 1. The second-order valence-electron chi connectivity index (χ2n) is 3.09. The quantitative estimate of drug-likeness (QED) is 0.622. The Bertz CT molecular complexity index is 545. The van der Waals surface area contributed by atoms with E-state index < -0.39 is 41.0 Å². The van der Waals surface area contributed by atoms with Crippen molar-refractivity contribution in [2.45, 2.75) is 19.1 Å². The third-order valence-electron chi connectivity index (χ3n) is 1.82. The van der Waals surface area contributed by atoms with Crippen LogP contribution in [-0.4, -0.2) is 20.7 Å². The summed E-state index contributed by atoms with van der Waals surface area (Å²) in [7, 11) is 0. The van der Waals surface area contributed by atoms with Crippen LogP contribution in [0.1, 0.15) is 6.42 Å². The summed E-state index contributed by atoms with van der Waals surface area (Å²) in [5, 5.41) is 10.3. The molecule has 0 radical (unpaired) electrons. The van der Waals surface area contributed by atoms with Gasteiger partial charge in [-0.15, -0.1) is 0 Å². The Morgan fingerprint density at radius 2 is 2.00 bits per heavy atom. The molecule has 7 nitrogen and oxygen atoms in total. The molecule has 0 atom stereocenters. The molecule has 0 unspecified atom stereocenters. The Morgan fingerprint density at radius 3 is 2.47 bits per heavy atom. The molecule has 1 aromatic heterocycles. The summed E-state index contributed by atoms with van der Waals surface area (Å²) in [6.07, 6.45) is -5.33. The second kappa shape index (κ2) is 4.39. The minimum atomic E-state index is -4.50. The van der Waals surface area contributed by atoms with Gasteiger partial charge in [-0.25, -0.2) is 4.79 Å². The lowest BCUT2D eigenvalue weighted by molar-refractivity contribution is -0.386. The smallest absolute Gasteiger partial charge is 0.293 e. The van der Waals surface area contributed by atoms with Crippen molar-refractivity contribution < 1.29 is 18.1 Å². The summed E-state index contributed by atoms with van der Waals surface area (Å²) in [6, 6.07) is 0. The standard InChI is InChI=1S/C7H6F3N3O4/c8-7(9,10)1-2-12-3-4(13(16)17)5(14)11-6(12)15/h3H,1-2H2,(H,11,14,15). The lowest BCUT2D eigenvalue weighted by Crippen LogP contribution is -2.31. The highest BCUT2D eigenvalue weighted by atomic mass is 19.4. The number of alkyl halides is 3. The molecule has 94 valence electrons. The predicted molar refractivity (Wildman–Crippen MR) is 48.6 cm³/mol. The van der Waals surface area contributed by atoms with Gasteiger partial charge < -0.3 is 0 Å². The molecule has 0 amide bonds. The van der Waals surface area contributed by atoms with Crippen molar-refractivity contribution in [3.8, 4) is 0 Å². The number of aromatic amines is 1. The summed E-state index contributed by atoms with van der Waals surface area (Å²) in [6.45, 7) is -0.792. The number of rotatable bonds is 3. The molecule has 1 heterocycles. The first-order valence-corrected chi connectivity index (χ1v) is 4.25. The van der Waals surface area contributed by atoms with Crippen molar-refractivity contribution in [2.75, 3.05) is 0 Å². The van der Waals surface area contributed by atoms with Gasteiger partial charge in [0.1, 0.15) is 0 Å². The largest absolute Gasteiger partial charge is 0.390 e. The van der Waals surface area contributed by atoms with Crippen LogP contribution in [0.2, 0.25) is 0 Å². The van der Waals surface area contributed by atoms with Crippen LogP contribution in [0.5, 0.6) is 0 Å². The van der Waals surface area contributed by atoms with Crippen molar-refractivity contribution in [3.05, 3.63) is 37.1 Å². The van der Waals surface area contributed by atoms with Gasteiger partial charge in [0.05, 0.1) is 17.5 Å². The zero-order valence-electron chi connectivity index (χ0n) is 8.15. The first-order valence-electron chi connectivity index (χ1n) is 4.25. The molecule has 0 aliphatic carbocycles. The van der Waals surface area contributed by atoms with Gasteiger partial charge in [-0.05, 0) is 0 Å². The van der Waals surface area contributed by atoms with Crippen LogP contribution >= 0.6 is 0 Å². The van der Waals surface area contributed by atoms with E-state index in [1.54, 1.807) is 4.98 Å². The number of hydrogen-bond donors (Lipinski definition) is 1. The fourth-order valence-electron chi connectivity index (χ4n) is 1.04. The maximum Gasteiger partial charge on any atom is 0.390 e. The number of nitrogens with zero attached hydrogens (tertiary/aromatic N) is 2. The van der Waals surface area contributed by atoms with E-state index in [1.165, 1.54) is 0 Å². The van der Waals surface area contributed by atoms with E-state index in [0.29, 0.717) is 10.8 Å². The second-order valence-corrected chi connectivity index (χ2v) is 3.09. The lowest BCUT2D eigenvalue weighted by Gasteiger charge is -2.07. The lowest BCUT2D eigenvalue weighted by atomic mass is 10.4. The Labute approximate surface area is 90.6 Å². The highest BCUT2D eigenvalue weighted by Gasteiger charge is 2.27. The Balaban J connectivity index is 3.09. The van der Waals surface area contributed by atoms with Crippen LogP contribution in [-0.2, 0) is 6.54 Å². The minimum Gasteiger partial charge on any atom is -0.293 e. The molecule has 1 rings (SSSR count). The van der Waals surface area contributed by atoms with Gasteiger partial charge >= 0.3 is 23.1 Å². The van der Waals surface area contributed by atoms with Crippen LogP contribution in [0.4, 0.5) is 18.9 Å². The monoisotopic (exact) mass is 253 g/mol. The Hall–Kier alpha value is -2.13. The summed E-state index contributed by atoms with van der Waals surface area (Å²) in [5.41, 5.74) is -3.35. The summed E-state index contributed by atoms with van der Waals surface area (Å²) in [4.78, 5) is 32.8. The number of aromatic nitrogens is 2. The zero-order valence-corrected chi connectivity index (χ0v) is 8.15. The van der Waals surface area contributed by atoms with Gasteiger partial charge in [0, 0.05) is 6.54 Å². The molecule has 1 aromatic rings. The minimum absolute atomic E-state index is 0.438. The van der Waals surface area contributed by atoms with Gasteiger partial charge in [0.2, 0.25) is 0 Å². The summed E-state index contributed by atoms with van der Waals surface area (Å²) < 4.78 is 36.1. The molecule has 0 aliphatic heterocycles. The molecule has 0 bridgehead atoms. The Morgan fingerprint density at radius 1 is 1.41 bits per heavy atom. The third-order valence-corrected chi connectivity index (χ3v) is 1.82. The molecule has 10 heteroatoms. The number of nitrogens with one attached hydrogen (secondary N) is 1. The summed E-state index contributed by atoms with van der Waals surface area (Å²) in [5.74, 6) is 0. The molecule has 0 aromatic carbocycles. The van der Waals surface area contributed by atoms with E-state index in [9.17, 15) is 32.9 Å². The molecule has 0 saturated carbocycles. The van der Waals surface area contributed by atoms with E-state index in [0.717, 1.165) is 0 Å². The number of aryl methyl sites for hydroxylation is 1. The average molecular weight is 253 g/mol. The normalized spacial score (nSPS) is 11.5. The van der Waals surface area contributed by atoms with Crippen LogP contribution in [0.15, 0.2) is 15.8 Å². The molecular formula is C7H6F3N3O4. The van der Waals surface area contributed by atoms with Crippen LogP contribution in [0, 0.1) is 10.1 Å². The SMILES string of the molecule is O=c1[nH]c(=O)n(CCC(F)(F)F)cc1[N+](=O)[O-]. The van der Waals surface area contributed by atoms with Crippen molar-refractivity contribution in [1.29, 1.82) is 0 Å². The van der Waals surface area contributed by atoms with Crippen molar-refractivity contribution in [3.63, 3.8) is 0 Å². The van der Waals surface area contributed by atoms with E-state index in [2.05, 4.69) is 0 Å². The van der Waals surface area contributed by atoms with Crippen molar-refractivity contribution in [2.24, 2.45) is 0 Å². The van der Waals surface area contributed by atoms with Crippen LogP contribution in [0.25, 0.3) is 0 Å². The van der Waals surface area contributed by atoms with Gasteiger partial charge in [-0.1, -0.05) is 0 Å². The first-order chi connectivity index (χ1) is 7.70. The van der Waals surface area contributed by atoms with Crippen LogP contribution < -0.4 is 11.2 Å². The van der Waals surface area contributed by atoms with Crippen LogP contribution in [0.3, 0.4) is 0 Å². The number of H-pyrrole nitrogens is 1. The molecule has 17 heavy (non-hydrogen) atoms. The van der Waals surface area contributed by atoms with E-state index in [1.807, 2.05) is 0 Å². The number of hydrogen-bond acceptors (Lipinski definition) is 4. The average Bonchev–Trinajstić information content (AvgIpc) is 2.14. The maximum atomic E-state index is 11.9. The fraction of sp³-hybridized carbons (Fsp3) is 0.429. The van der Waals surface area contributed by atoms with Crippen molar-refractivity contribution >= 4 is 5.69 Å². The maximum absolute atomic E-state index is 11.9. The molecule has 0 saturated heterocycles. The van der Waals surface area contributed by atoms with Gasteiger partial charge in [0.15, 0.2) is 0 Å². The predicted octanol–water partition coefficient (Wildman–Crippen LogP) is 0.397. The van der Waals surface area contributed by atoms with E-state index in [-0.39, 0.29) is 0 Å². The zero-order chi connectivity index (χ0) is 13.2. The van der Waals surface area contributed by atoms with Gasteiger partial charge in [0.25, 0.3) is 0 Å². The fourth-order valence-corrected chi connectivity index (χ4v) is 1.04. The highest BCUT2D eigenvalue weighted by molar-refractivity contribution is 5.20. The first kappa shape index (κ1) is 12.9. The molecular weight excluding hydrogens is 247 g/mol. The molecule has 0 fully saturated rings. The number of halogens is 3. The third kappa shape index (κ3) is 3.43. The summed E-state index contributed by atoms with van der Waals surface area (Å²) >= 11 is 0. The Kier molecular flexibility index (Phi) is 3.34.